The first-order valence-electron chi connectivity index (χ1n) is 7.52. The number of sulfonamides is 1. The van der Waals surface area contributed by atoms with Crippen LogP contribution in [0.5, 0.6) is 5.75 Å². The number of hydrogen-bond donors (Lipinski definition) is 1. The van der Waals surface area contributed by atoms with E-state index in [1.54, 1.807) is 17.3 Å². The van der Waals surface area contributed by atoms with E-state index in [2.05, 4.69) is 5.32 Å². The summed E-state index contributed by atoms with van der Waals surface area (Å²) in [4.78, 5) is 0.274. The van der Waals surface area contributed by atoms with Crippen LogP contribution in [0.4, 0.5) is 0 Å². The summed E-state index contributed by atoms with van der Waals surface area (Å²) in [6.45, 7) is 2.86. The zero-order valence-corrected chi connectivity index (χ0v) is 14.4. The number of halogens is 1. The number of ether oxygens (including phenoxy) is 1. The van der Waals surface area contributed by atoms with Gasteiger partial charge in [-0.1, -0.05) is 11.6 Å². The molecule has 0 aliphatic carbocycles. The van der Waals surface area contributed by atoms with Crippen molar-refractivity contribution in [3.05, 3.63) is 22.7 Å². The van der Waals surface area contributed by atoms with Crippen LogP contribution >= 0.6 is 11.6 Å². The zero-order valence-electron chi connectivity index (χ0n) is 12.8. The van der Waals surface area contributed by atoms with E-state index in [0.29, 0.717) is 35.5 Å². The summed E-state index contributed by atoms with van der Waals surface area (Å²) in [5, 5.41) is 3.82. The van der Waals surface area contributed by atoms with Crippen molar-refractivity contribution in [1.82, 2.24) is 9.62 Å². The summed E-state index contributed by atoms with van der Waals surface area (Å²) in [6, 6.07) is 3.89. The Labute approximate surface area is 136 Å². The third-order valence-electron chi connectivity index (χ3n) is 4.55. The highest BCUT2D eigenvalue weighted by Crippen LogP contribution is 2.33. The molecule has 0 amide bonds. The molecule has 2 heterocycles. The van der Waals surface area contributed by atoms with Gasteiger partial charge in [0.25, 0.3) is 0 Å². The van der Waals surface area contributed by atoms with Crippen molar-refractivity contribution in [3.8, 4) is 5.75 Å². The smallest absolute Gasteiger partial charge is 0.243 e. The molecule has 0 radical (unpaired) electrons. The molecule has 2 bridgehead atoms. The van der Waals surface area contributed by atoms with Gasteiger partial charge in [-0.05, 0) is 43.9 Å². The molecule has 2 aliphatic heterocycles. The first-order valence-corrected chi connectivity index (χ1v) is 9.34. The predicted molar refractivity (Wildman–Crippen MR) is 86.1 cm³/mol. The average Bonchev–Trinajstić information content (AvgIpc) is 2.79. The largest absolute Gasteiger partial charge is 0.495 e. The molecule has 1 aromatic carbocycles. The summed E-state index contributed by atoms with van der Waals surface area (Å²) < 4.78 is 32.7. The van der Waals surface area contributed by atoms with Crippen molar-refractivity contribution in [1.29, 1.82) is 0 Å². The molecular formula is C15H21ClN2O3S. The predicted octanol–water partition coefficient (Wildman–Crippen LogP) is 2.17. The topological polar surface area (TPSA) is 58.6 Å². The van der Waals surface area contributed by atoms with Crippen LogP contribution in [0.3, 0.4) is 0 Å². The van der Waals surface area contributed by atoms with E-state index < -0.39 is 10.0 Å². The Kier molecular flexibility index (Phi) is 4.38. The van der Waals surface area contributed by atoms with E-state index in [1.807, 2.05) is 0 Å². The molecule has 122 valence electrons. The van der Waals surface area contributed by atoms with Gasteiger partial charge in [0.2, 0.25) is 10.0 Å². The third-order valence-corrected chi connectivity index (χ3v) is 6.86. The van der Waals surface area contributed by atoms with Gasteiger partial charge < -0.3 is 10.1 Å². The highest BCUT2D eigenvalue weighted by atomic mass is 35.5. The molecule has 1 N–H and O–H groups in total. The molecule has 0 aromatic heterocycles. The summed E-state index contributed by atoms with van der Waals surface area (Å²) in [5.74, 6) is 0.495. The lowest BCUT2D eigenvalue weighted by Gasteiger charge is -2.24. The molecule has 3 rings (SSSR count). The van der Waals surface area contributed by atoms with E-state index in [4.69, 9.17) is 16.3 Å². The van der Waals surface area contributed by atoms with Crippen LogP contribution in [0.25, 0.3) is 0 Å². The Morgan fingerprint density at radius 1 is 1.27 bits per heavy atom. The number of nitrogens with zero attached hydrogens (tertiary/aromatic N) is 1. The number of nitrogens with one attached hydrogen (secondary N) is 1. The summed E-state index contributed by atoms with van der Waals surface area (Å²) in [5.41, 5.74) is 0.656. The first kappa shape index (κ1) is 16.1. The van der Waals surface area contributed by atoms with Crippen molar-refractivity contribution >= 4 is 21.6 Å². The van der Waals surface area contributed by atoms with Gasteiger partial charge in [-0.3, -0.25) is 0 Å². The van der Waals surface area contributed by atoms with Crippen molar-refractivity contribution < 1.29 is 13.2 Å². The maximum atomic E-state index is 13.0. The molecule has 2 fully saturated rings. The molecule has 5 nitrogen and oxygen atoms in total. The third kappa shape index (κ3) is 2.85. The van der Waals surface area contributed by atoms with Crippen LogP contribution in [0.2, 0.25) is 5.02 Å². The van der Waals surface area contributed by atoms with Gasteiger partial charge in [0, 0.05) is 25.2 Å². The van der Waals surface area contributed by atoms with E-state index >= 15 is 0 Å². The lowest BCUT2D eigenvalue weighted by atomic mass is 10.1. The van der Waals surface area contributed by atoms with Gasteiger partial charge in [0.05, 0.1) is 17.0 Å². The number of methoxy groups -OCH3 is 1. The Hall–Kier alpha value is -0.820. The Morgan fingerprint density at radius 2 is 2.00 bits per heavy atom. The van der Waals surface area contributed by atoms with Gasteiger partial charge >= 0.3 is 0 Å². The SMILES string of the molecule is COc1cc(C)c(S(=O)(=O)N2CCC3CCC(C2)N3)cc1Cl. The van der Waals surface area contributed by atoms with E-state index in [-0.39, 0.29) is 10.9 Å². The molecule has 2 saturated heterocycles. The summed E-state index contributed by atoms with van der Waals surface area (Å²) in [6.07, 6.45) is 3.05. The molecular weight excluding hydrogens is 324 g/mol. The molecule has 2 atom stereocenters. The maximum absolute atomic E-state index is 13.0. The number of fused-ring (bicyclic) bond motifs is 2. The Balaban J connectivity index is 1.94. The van der Waals surface area contributed by atoms with Crippen LogP contribution in [-0.4, -0.2) is 45.0 Å². The maximum Gasteiger partial charge on any atom is 0.243 e. The fourth-order valence-electron chi connectivity index (χ4n) is 3.34. The van der Waals surface area contributed by atoms with Gasteiger partial charge in [0.15, 0.2) is 0 Å². The van der Waals surface area contributed by atoms with Crippen LogP contribution in [0, 0.1) is 6.92 Å². The molecule has 2 aliphatic rings. The molecule has 1 aromatic rings. The van der Waals surface area contributed by atoms with E-state index in [1.165, 1.54) is 13.2 Å². The quantitative estimate of drug-likeness (QED) is 0.913. The van der Waals surface area contributed by atoms with Crippen molar-refractivity contribution in [2.45, 2.75) is 43.2 Å². The van der Waals surface area contributed by atoms with Gasteiger partial charge in [-0.25, -0.2) is 8.42 Å². The normalized spacial score (nSPS) is 26.0. The van der Waals surface area contributed by atoms with Gasteiger partial charge in [-0.15, -0.1) is 0 Å². The minimum absolute atomic E-state index is 0.260. The second-order valence-corrected chi connectivity index (χ2v) is 8.36. The fraction of sp³-hybridized carbons (Fsp3) is 0.600. The average molecular weight is 345 g/mol. The summed E-state index contributed by atoms with van der Waals surface area (Å²) in [7, 11) is -2.01. The van der Waals surface area contributed by atoms with Crippen molar-refractivity contribution in [3.63, 3.8) is 0 Å². The Morgan fingerprint density at radius 3 is 2.73 bits per heavy atom. The number of aryl methyl sites for hydroxylation is 1. The second kappa shape index (κ2) is 6.00. The fourth-order valence-corrected chi connectivity index (χ4v) is 5.38. The minimum atomic E-state index is -3.53. The number of rotatable bonds is 3. The number of hydrogen-bond acceptors (Lipinski definition) is 4. The molecule has 2 unspecified atom stereocenters. The Bertz CT molecular complexity index is 678. The van der Waals surface area contributed by atoms with E-state index in [0.717, 1.165) is 19.3 Å². The van der Waals surface area contributed by atoms with Gasteiger partial charge in [0.1, 0.15) is 5.75 Å². The highest BCUT2D eigenvalue weighted by molar-refractivity contribution is 7.89. The monoisotopic (exact) mass is 344 g/mol. The highest BCUT2D eigenvalue weighted by Gasteiger charge is 2.35. The number of benzene rings is 1. The van der Waals surface area contributed by atoms with Crippen LogP contribution in [0.1, 0.15) is 24.8 Å². The zero-order chi connectivity index (χ0) is 15.9. The molecule has 7 heteroatoms. The lowest BCUT2D eigenvalue weighted by Crippen LogP contribution is -2.39. The van der Waals surface area contributed by atoms with Gasteiger partial charge in [-0.2, -0.15) is 4.31 Å². The van der Waals surface area contributed by atoms with E-state index in [9.17, 15) is 8.42 Å². The standard InChI is InChI=1S/C15H21ClN2O3S/c1-10-7-14(21-2)13(16)8-15(10)22(19,20)18-6-5-11-3-4-12(9-18)17-11/h7-8,11-12,17H,3-6,9H2,1-2H3. The van der Waals surface area contributed by atoms with Crippen LogP contribution in [-0.2, 0) is 10.0 Å². The first-order chi connectivity index (χ1) is 10.4. The molecule has 22 heavy (non-hydrogen) atoms. The molecule has 0 spiro atoms. The second-order valence-electron chi connectivity index (χ2n) is 6.04. The molecule has 0 saturated carbocycles. The van der Waals surface area contributed by atoms with Crippen LogP contribution in [0.15, 0.2) is 17.0 Å². The van der Waals surface area contributed by atoms with Crippen molar-refractivity contribution in [2.24, 2.45) is 0 Å². The lowest BCUT2D eigenvalue weighted by molar-refractivity contribution is 0.383. The summed E-state index contributed by atoms with van der Waals surface area (Å²) >= 11 is 6.12. The van der Waals surface area contributed by atoms with Crippen LogP contribution < -0.4 is 10.1 Å². The van der Waals surface area contributed by atoms with Crippen molar-refractivity contribution in [2.75, 3.05) is 20.2 Å². The minimum Gasteiger partial charge on any atom is -0.495 e.